The van der Waals surface area contributed by atoms with Crippen LogP contribution < -0.4 is 10.1 Å². The van der Waals surface area contributed by atoms with Gasteiger partial charge in [-0.15, -0.1) is 0 Å². The number of fused-ring (bicyclic) bond motifs is 1. The van der Waals surface area contributed by atoms with Crippen LogP contribution in [-0.2, 0) is 6.42 Å². The Morgan fingerprint density at radius 1 is 1.14 bits per heavy atom. The first kappa shape index (κ1) is 13.5. The molecule has 3 aromatic rings. The van der Waals surface area contributed by atoms with Crippen molar-refractivity contribution < 1.29 is 9.15 Å². The van der Waals surface area contributed by atoms with Crippen molar-refractivity contribution >= 4 is 16.8 Å². The fourth-order valence-electron chi connectivity index (χ4n) is 2.17. The summed E-state index contributed by atoms with van der Waals surface area (Å²) in [7, 11) is 1.64. The van der Waals surface area contributed by atoms with E-state index in [1.807, 2.05) is 18.2 Å². The molecule has 0 aliphatic carbocycles. The van der Waals surface area contributed by atoms with Crippen LogP contribution in [0.3, 0.4) is 0 Å². The highest BCUT2D eigenvalue weighted by Gasteiger charge is 2.06. The van der Waals surface area contributed by atoms with E-state index in [4.69, 9.17) is 9.15 Å². The predicted octanol–water partition coefficient (Wildman–Crippen LogP) is 3.80. The third-order valence-electron chi connectivity index (χ3n) is 3.36. The summed E-state index contributed by atoms with van der Waals surface area (Å²) in [5.41, 5.74) is 3.99. The lowest BCUT2D eigenvalue weighted by Gasteiger charge is -2.04. The molecule has 0 radical (unpaired) electrons. The third-order valence-corrected chi connectivity index (χ3v) is 3.36. The molecule has 1 aromatic heterocycles. The third kappa shape index (κ3) is 3.16. The maximum Gasteiger partial charge on any atom is 0.197 e. The van der Waals surface area contributed by atoms with Gasteiger partial charge in [0.2, 0.25) is 0 Å². The number of rotatable bonds is 5. The summed E-state index contributed by atoms with van der Waals surface area (Å²) in [6, 6.07) is 14.0. The number of oxazole rings is 1. The Labute approximate surface area is 123 Å². The van der Waals surface area contributed by atoms with Crippen molar-refractivity contribution in [2.45, 2.75) is 13.3 Å². The van der Waals surface area contributed by atoms with E-state index < -0.39 is 0 Å². The number of anilines is 1. The van der Waals surface area contributed by atoms with Crippen LogP contribution in [0.1, 0.15) is 11.5 Å². The highest BCUT2D eigenvalue weighted by atomic mass is 16.5. The molecule has 0 unspecified atom stereocenters. The summed E-state index contributed by atoms with van der Waals surface area (Å²) >= 11 is 0. The van der Waals surface area contributed by atoms with Crippen molar-refractivity contribution in [1.29, 1.82) is 0 Å². The highest BCUT2D eigenvalue weighted by molar-refractivity contribution is 5.74. The number of hydrogen-bond donors (Lipinski definition) is 1. The summed E-state index contributed by atoms with van der Waals surface area (Å²) in [6.07, 6.45) is 0.741. The number of hydrogen-bond acceptors (Lipinski definition) is 4. The van der Waals surface area contributed by atoms with Crippen molar-refractivity contribution in [3.63, 3.8) is 0 Å². The lowest BCUT2D eigenvalue weighted by molar-refractivity contribution is 0.414. The number of aromatic nitrogens is 1. The second-order valence-electron chi connectivity index (χ2n) is 4.98. The summed E-state index contributed by atoms with van der Waals surface area (Å²) in [5, 5.41) is 3.36. The Morgan fingerprint density at radius 3 is 2.71 bits per heavy atom. The zero-order valence-corrected chi connectivity index (χ0v) is 12.2. The lowest BCUT2D eigenvalue weighted by atomic mass is 10.2. The maximum atomic E-state index is 5.74. The number of ether oxygens (including phenoxy) is 1. The van der Waals surface area contributed by atoms with Gasteiger partial charge in [0, 0.05) is 24.7 Å². The standard InChI is InChI=1S/C17H18N2O2/c1-12-3-5-13(6-4-12)18-10-9-17-19-15-8-7-14(20-2)11-16(15)21-17/h3-8,11,18H,9-10H2,1-2H3. The van der Waals surface area contributed by atoms with Gasteiger partial charge in [-0.1, -0.05) is 17.7 Å². The molecule has 0 amide bonds. The summed E-state index contributed by atoms with van der Waals surface area (Å²) < 4.78 is 10.9. The molecule has 0 aliphatic heterocycles. The van der Waals surface area contributed by atoms with E-state index in [1.54, 1.807) is 7.11 Å². The second-order valence-corrected chi connectivity index (χ2v) is 4.98. The second kappa shape index (κ2) is 5.87. The number of nitrogens with zero attached hydrogens (tertiary/aromatic N) is 1. The van der Waals surface area contributed by atoms with Crippen LogP contribution in [0, 0.1) is 6.92 Å². The van der Waals surface area contributed by atoms with Gasteiger partial charge >= 0.3 is 0 Å². The van der Waals surface area contributed by atoms with Crippen LogP contribution >= 0.6 is 0 Å². The van der Waals surface area contributed by atoms with Gasteiger partial charge in [0.15, 0.2) is 11.5 Å². The van der Waals surface area contributed by atoms with Gasteiger partial charge in [0.05, 0.1) is 7.11 Å². The van der Waals surface area contributed by atoms with Crippen molar-refractivity contribution in [1.82, 2.24) is 4.98 Å². The normalized spacial score (nSPS) is 10.8. The zero-order valence-electron chi connectivity index (χ0n) is 12.2. The fraction of sp³-hybridized carbons (Fsp3) is 0.235. The molecule has 0 bridgehead atoms. The Kier molecular flexibility index (Phi) is 3.77. The smallest absolute Gasteiger partial charge is 0.197 e. The van der Waals surface area contributed by atoms with E-state index in [0.29, 0.717) is 0 Å². The van der Waals surface area contributed by atoms with E-state index in [9.17, 15) is 0 Å². The fourth-order valence-corrected chi connectivity index (χ4v) is 2.17. The van der Waals surface area contributed by atoms with Gasteiger partial charge in [-0.05, 0) is 31.2 Å². The largest absolute Gasteiger partial charge is 0.497 e. The molecular formula is C17H18N2O2. The number of methoxy groups -OCH3 is 1. The molecule has 0 saturated heterocycles. The van der Waals surface area contributed by atoms with Gasteiger partial charge in [0.1, 0.15) is 11.3 Å². The molecule has 0 spiro atoms. The molecule has 1 heterocycles. The van der Waals surface area contributed by atoms with Gasteiger partial charge < -0.3 is 14.5 Å². The topological polar surface area (TPSA) is 47.3 Å². The summed E-state index contributed by atoms with van der Waals surface area (Å²) in [4.78, 5) is 4.47. The van der Waals surface area contributed by atoms with E-state index in [2.05, 4.69) is 41.5 Å². The van der Waals surface area contributed by atoms with Crippen molar-refractivity contribution in [2.24, 2.45) is 0 Å². The predicted molar refractivity (Wildman–Crippen MR) is 83.9 cm³/mol. The number of nitrogens with one attached hydrogen (secondary N) is 1. The molecule has 4 nitrogen and oxygen atoms in total. The Hall–Kier alpha value is -2.49. The van der Waals surface area contributed by atoms with E-state index >= 15 is 0 Å². The van der Waals surface area contributed by atoms with Crippen molar-refractivity contribution in [3.8, 4) is 5.75 Å². The average molecular weight is 282 g/mol. The highest BCUT2D eigenvalue weighted by Crippen LogP contribution is 2.21. The SMILES string of the molecule is COc1ccc2nc(CCNc3ccc(C)cc3)oc2c1. The van der Waals surface area contributed by atoms with Crippen LogP contribution in [-0.4, -0.2) is 18.6 Å². The summed E-state index contributed by atoms with van der Waals surface area (Å²) in [5.74, 6) is 1.51. The quantitative estimate of drug-likeness (QED) is 0.773. The molecule has 21 heavy (non-hydrogen) atoms. The molecule has 4 heteroatoms. The van der Waals surface area contributed by atoms with Crippen LogP contribution in [0.15, 0.2) is 46.9 Å². The van der Waals surface area contributed by atoms with Gasteiger partial charge in [-0.2, -0.15) is 0 Å². The van der Waals surface area contributed by atoms with Crippen molar-refractivity contribution in [3.05, 3.63) is 53.9 Å². The molecule has 0 saturated carbocycles. The molecule has 1 N–H and O–H groups in total. The van der Waals surface area contributed by atoms with Crippen LogP contribution in [0.2, 0.25) is 0 Å². The average Bonchev–Trinajstić information content (AvgIpc) is 2.91. The van der Waals surface area contributed by atoms with Gasteiger partial charge in [0.25, 0.3) is 0 Å². The maximum absolute atomic E-state index is 5.74. The first-order valence-electron chi connectivity index (χ1n) is 6.98. The minimum atomic E-state index is 0.734. The van der Waals surface area contributed by atoms with Gasteiger partial charge in [-0.25, -0.2) is 4.98 Å². The van der Waals surface area contributed by atoms with Crippen molar-refractivity contribution in [2.75, 3.05) is 19.0 Å². The number of aryl methyl sites for hydroxylation is 1. The zero-order chi connectivity index (χ0) is 14.7. The first-order chi connectivity index (χ1) is 10.2. The van der Waals surface area contributed by atoms with Crippen LogP contribution in [0.25, 0.3) is 11.1 Å². The van der Waals surface area contributed by atoms with Crippen LogP contribution in [0.5, 0.6) is 5.75 Å². The molecule has 0 aliphatic rings. The molecule has 0 atom stereocenters. The Morgan fingerprint density at radius 2 is 1.95 bits per heavy atom. The van der Waals surface area contributed by atoms with E-state index in [0.717, 1.165) is 41.4 Å². The minimum absolute atomic E-state index is 0.734. The first-order valence-corrected chi connectivity index (χ1v) is 6.98. The lowest BCUT2D eigenvalue weighted by Crippen LogP contribution is -2.04. The van der Waals surface area contributed by atoms with E-state index in [-0.39, 0.29) is 0 Å². The minimum Gasteiger partial charge on any atom is -0.497 e. The Balaban J connectivity index is 1.63. The molecular weight excluding hydrogens is 264 g/mol. The Bertz CT molecular complexity index is 732. The van der Waals surface area contributed by atoms with Gasteiger partial charge in [-0.3, -0.25) is 0 Å². The summed E-state index contributed by atoms with van der Waals surface area (Å²) in [6.45, 7) is 2.86. The molecule has 2 aromatic carbocycles. The molecule has 3 rings (SSSR count). The van der Waals surface area contributed by atoms with E-state index in [1.165, 1.54) is 5.56 Å². The van der Waals surface area contributed by atoms with Crippen LogP contribution in [0.4, 0.5) is 5.69 Å². The molecule has 0 fully saturated rings. The number of benzene rings is 2. The monoisotopic (exact) mass is 282 g/mol. The molecule has 108 valence electrons.